The normalized spacial score (nSPS) is 16.5. The molecular weight excluding hydrogens is 776 g/mol. The first kappa shape index (κ1) is 43.3. The maximum absolute atomic E-state index is 13.5. The molecule has 5 rings (SSSR count). The number of para-hydroxylation sites is 2. The van der Waals surface area contributed by atoms with Gasteiger partial charge in [0, 0.05) is 50.0 Å². The van der Waals surface area contributed by atoms with Gasteiger partial charge in [-0.3, -0.25) is 0 Å². The smallest absolute Gasteiger partial charge is 0.387 e. The fourth-order valence-corrected chi connectivity index (χ4v) is 6.64. The number of halogens is 12. The maximum atomic E-state index is 13.5. The number of rotatable bonds is 14. The highest BCUT2D eigenvalue weighted by Crippen LogP contribution is 2.40. The van der Waals surface area contributed by atoms with Gasteiger partial charge in [0.15, 0.2) is 0 Å². The minimum Gasteiger partial charge on any atom is -0.387 e. The number of pyridine rings is 2. The Hall–Kier alpha value is -3.82. The number of aliphatic hydroxyl groups is 2. The Bertz CT molecular complexity index is 1800. The van der Waals surface area contributed by atoms with Crippen molar-refractivity contribution in [3.63, 3.8) is 0 Å². The monoisotopic (exact) mass is 814 g/mol. The van der Waals surface area contributed by atoms with Crippen LogP contribution in [0.15, 0.2) is 48.5 Å². The van der Waals surface area contributed by atoms with E-state index in [0.717, 1.165) is 38.3 Å². The van der Waals surface area contributed by atoms with Crippen molar-refractivity contribution >= 4 is 21.8 Å². The Morgan fingerprint density at radius 3 is 1.23 bits per heavy atom. The quantitative estimate of drug-likeness (QED) is 0.0785. The van der Waals surface area contributed by atoms with Gasteiger partial charge in [-0.05, 0) is 74.4 Å². The lowest BCUT2D eigenvalue weighted by Crippen LogP contribution is -2.47. The second-order valence-corrected chi connectivity index (χ2v) is 13.4. The van der Waals surface area contributed by atoms with Crippen molar-refractivity contribution in [3.05, 3.63) is 82.2 Å². The number of nitrogens with one attached hydrogen (secondary N) is 2. The fraction of sp³-hybridized carbons (Fsp3) is 0.500. The summed E-state index contributed by atoms with van der Waals surface area (Å²) in [6, 6.07) is 6.84. The molecule has 1 saturated heterocycles. The van der Waals surface area contributed by atoms with Crippen LogP contribution >= 0.6 is 0 Å². The molecule has 2 atom stereocenters. The molecule has 2 aromatic carbocycles. The zero-order valence-electron chi connectivity index (χ0n) is 29.5. The number of fused-ring (bicyclic) bond motifs is 2. The van der Waals surface area contributed by atoms with E-state index in [2.05, 4.69) is 30.4 Å². The molecule has 56 heavy (non-hydrogen) atoms. The average molecular weight is 815 g/mol. The molecule has 3 heterocycles. The molecule has 0 spiro atoms. The van der Waals surface area contributed by atoms with Crippen LogP contribution in [0.4, 0.5) is 52.7 Å². The molecule has 8 nitrogen and oxygen atoms in total. The summed E-state index contributed by atoms with van der Waals surface area (Å²) < 4.78 is 162. The molecule has 4 aromatic rings. The first-order valence-electron chi connectivity index (χ1n) is 17.5. The van der Waals surface area contributed by atoms with Crippen LogP contribution in [0.3, 0.4) is 0 Å². The molecule has 1 aliphatic rings. The van der Waals surface area contributed by atoms with Gasteiger partial charge in [0.2, 0.25) is 0 Å². The summed E-state index contributed by atoms with van der Waals surface area (Å²) in [4.78, 5) is 10.8. The predicted molar refractivity (Wildman–Crippen MR) is 181 cm³/mol. The van der Waals surface area contributed by atoms with Crippen molar-refractivity contribution in [1.29, 1.82) is 0 Å². The summed E-state index contributed by atoms with van der Waals surface area (Å²) in [5, 5.41) is 26.9. The van der Waals surface area contributed by atoms with E-state index in [0.29, 0.717) is 63.3 Å². The molecule has 308 valence electrons. The number of nitrogens with zero attached hydrogens (tertiary/aromatic N) is 4. The summed E-state index contributed by atoms with van der Waals surface area (Å²) in [6.45, 7) is 4.51. The van der Waals surface area contributed by atoms with E-state index in [4.69, 9.17) is 0 Å². The van der Waals surface area contributed by atoms with Gasteiger partial charge in [0.1, 0.15) is 11.4 Å². The Balaban J connectivity index is 1.03. The first-order valence-corrected chi connectivity index (χ1v) is 17.5. The third kappa shape index (κ3) is 10.8. The number of aliphatic hydroxyl groups excluding tert-OH is 2. The average Bonchev–Trinajstić information content (AvgIpc) is 3.11. The standard InChI is InChI=1S/C36H38F12N6O2/c37-33(38,39)25-7-1-5-21-23(17-29(35(43,44)45)51-31(21)25)27(55)19-49-9-3-11-53-13-15-54(16-14-53)12-4-10-50-20-28(56)24-18-30(36(46,47)48)52-32-22(24)6-2-8-26(32)34(40,41)42/h1-2,5-8,17-18,27-28,49-50,55-56H,3-4,9-16,19-20H2/t27-,28-/m1/s1. The van der Waals surface area contributed by atoms with E-state index in [1.807, 2.05) is 0 Å². The summed E-state index contributed by atoms with van der Waals surface area (Å²) in [6.07, 6.45) is -21.9. The summed E-state index contributed by atoms with van der Waals surface area (Å²) in [7, 11) is 0. The molecule has 1 fully saturated rings. The summed E-state index contributed by atoms with van der Waals surface area (Å²) in [5.41, 5.74) is -8.20. The van der Waals surface area contributed by atoms with Gasteiger partial charge in [-0.15, -0.1) is 0 Å². The lowest BCUT2D eigenvalue weighted by atomic mass is 9.99. The molecule has 0 unspecified atom stereocenters. The van der Waals surface area contributed by atoms with E-state index in [1.165, 1.54) is 12.1 Å². The maximum Gasteiger partial charge on any atom is 0.433 e. The highest BCUT2D eigenvalue weighted by molar-refractivity contribution is 5.87. The lowest BCUT2D eigenvalue weighted by Gasteiger charge is -2.34. The number of hydrogen-bond acceptors (Lipinski definition) is 8. The Morgan fingerprint density at radius 2 is 0.911 bits per heavy atom. The van der Waals surface area contributed by atoms with Crippen LogP contribution in [0.25, 0.3) is 21.8 Å². The Morgan fingerprint density at radius 1 is 0.554 bits per heavy atom. The number of alkyl halides is 12. The van der Waals surface area contributed by atoms with Gasteiger partial charge in [-0.2, -0.15) is 52.7 Å². The van der Waals surface area contributed by atoms with Crippen LogP contribution in [0, 0.1) is 0 Å². The van der Waals surface area contributed by atoms with Crippen LogP contribution in [-0.4, -0.2) is 95.4 Å². The predicted octanol–water partition coefficient (Wildman–Crippen LogP) is 7.20. The minimum atomic E-state index is -5.04. The number of benzene rings is 2. The van der Waals surface area contributed by atoms with Crippen molar-refractivity contribution in [3.8, 4) is 0 Å². The molecule has 4 N–H and O–H groups in total. The Kier molecular flexibility index (Phi) is 13.4. The van der Waals surface area contributed by atoms with Gasteiger partial charge in [-0.1, -0.05) is 24.3 Å². The molecule has 0 aliphatic carbocycles. The van der Waals surface area contributed by atoms with Crippen LogP contribution in [0.1, 0.15) is 58.7 Å². The highest BCUT2D eigenvalue weighted by atomic mass is 19.4. The van der Waals surface area contributed by atoms with Gasteiger partial charge in [0.25, 0.3) is 0 Å². The zero-order chi connectivity index (χ0) is 41.1. The highest BCUT2D eigenvalue weighted by Gasteiger charge is 2.39. The summed E-state index contributed by atoms with van der Waals surface area (Å²) >= 11 is 0. The van der Waals surface area contributed by atoms with Gasteiger partial charge in [0.05, 0.1) is 34.4 Å². The molecule has 0 radical (unpaired) electrons. The number of aromatic nitrogens is 2. The van der Waals surface area contributed by atoms with E-state index >= 15 is 0 Å². The minimum absolute atomic E-state index is 0.210. The first-order chi connectivity index (χ1) is 26.1. The van der Waals surface area contributed by atoms with E-state index in [9.17, 15) is 62.9 Å². The SMILES string of the molecule is O[C@H](CNCCCN1CCN(CCCNC[C@@H](O)c2cc(C(F)(F)F)nc3c(C(F)(F)F)cccc23)CC1)c1cc(C(F)(F)F)nc2c(C(F)(F)F)cccc12. The van der Waals surface area contributed by atoms with E-state index < -0.39 is 70.5 Å². The third-order valence-corrected chi connectivity index (χ3v) is 9.45. The molecular formula is C36H38F12N6O2. The van der Waals surface area contributed by atoms with Crippen molar-refractivity contribution in [2.24, 2.45) is 0 Å². The summed E-state index contributed by atoms with van der Waals surface area (Å²) in [5.74, 6) is 0. The number of hydrogen-bond donors (Lipinski definition) is 4. The van der Waals surface area contributed by atoms with Crippen LogP contribution in [0.2, 0.25) is 0 Å². The second kappa shape index (κ2) is 17.4. The fourth-order valence-electron chi connectivity index (χ4n) is 6.64. The molecule has 0 saturated carbocycles. The van der Waals surface area contributed by atoms with Crippen molar-refractivity contribution in [2.75, 3.05) is 65.4 Å². The van der Waals surface area contributed by atoms with Crippen molar-refractivity contribution in [1.82, 2.24) is 30.4 Å². The van der Waals surface area contributed by atoms with Crippen LogP contribution in [0.5, 0.6) is 0 Å². The number of piperazine rings is 1. The van der Waals surface area contributed by atoms with Crippen molar-refractivity contribution in [2.45, 2.75) is 49.8 Å². The zero-order valence-corrected chi connectivity index (χ0v) is 29.5. The Labute approximate surface area is 312 Å². The molecule has 1 aliphatic heterocycles. The van der Waals surface area contributed by atoms with Gasteiger partial charge in [-0.25, -0.2) is 9.97 Å². The van der Waals surface area contributed by atoms with Gasteiger partial charge >= 0.3 is 24.7 Å². The van der Waals surface area contributed by atoms with Gasteiger partial charge < -0.3 is 30.6 Å². The molecule has 0 amide bonds. The molecule has 2 aromatic heterocycles. The topological polar surface area (TPSA) is 96.8 Å². The van der Waals surface area contributed by atoms with Crippen LogP contribution in [-0.2, 0) is 24.7 Å². The van der Waals surface area contributed by atoms with Crippen LogP contribution < -0.4 is 10.6 Å². The largest absolute Gasteiger partial charge is 0.433 e. The van der Waals surface area contributed by atoms with E-state index in [1.54, 1.807) is 0 Å². The molecule has 0 bridgehead atoms. The van der Waals surface area contributed by atoms with Crippen molar-refractivity contribution < 1.29 is 62.9 Å². The third-order valence-electron chi connectivity index (χ3n) is 9.45. The van der Waals surface area contributed by atoms with E-state index in [-0.39, 0.29) is 35.0 Å². The second-order valence-electron chi connectivity index (χ2n) is 13.4. The lowest BCUT2D eigenvalue weighted by molar-refractivity contribution is -0.142. The molecule has 20 heteroatoms.